The minimum Gasteiger partial charge on any atom is -0.376 e. The number of unbranched alkanes of at least 4 members (excludes halogenated alkanes) is 2. The zero-order valence-corrected chi connectivity index (χ0v) is 9.09. The van der Waals surface area contributed by atoms with E-state index in [4.69, 9.17) is 4.74 Å². The highest BCUT2D eigenvalue weighted by Gasteiger charge is 2.17. The molecule has 1 fully saturated rings. The number of morpholine rings is 1. The molecule has 0 radical (unpaired) electrons. The normalized spacial score (nSPS) is 24.9. The largest absolute Gasteiger partial charge is 0.376 e. The van der Waals surface area contributed by atoms with Crippen molar-refractivity contribution < 1.29 is 4.74 Å². The average molecular weight is 185 g/mol. The maximum Gasteiger partial charge on any atom is 0.0700 e. The molecule has 78 valence electrons. The van der Waals surface area contributed by atoms with Gasteiger partial charge in [0, 0.05) is 13.1 Å². The lowest BCUT2D eigenvalue weighted by atomic mass is 10.2. The zero-order valence-electron chi connectivity index (χ0n) is 9.09. The first-order valence-corrected chi connectivity index (χ1v) is 5.70. The van der Waals surface area contributed by atoms with Crippen molar-refractivity contribution in [3.05, 3.63) is 0 Å². The predicted octanol–water partition coefficient (Wildman–Crippen LogP) is 2.29. The van der Waals surface area contributed by atoms with Gasteiger partial charge in [-0.1, -0.05) is 26.7 Å². The molecular weight excluding hydrogens is 162 g/mol. The molecule has 1 heterocycles. The van der Waals surface area contributed by atoms with Gasteiger partial charge in [-0.25, -0.2) is 0 Å². The van der Waals surface area contributed by atoms with E-state index in [1.54, 1.807) is 0 Å². The zero-order chi connectivity index (χ0) is 9.52. The molecule has 0 aromatic rings. The Bertz CT molecular complexity index is 127. The van der Waals surface area contributed by atoms with Crippen LogP contribution < -0.4 is 0 Å². The standard InChI is InChI=1S/C11H23NO/c1-3-5-6-7-12-8-9-13-11(4-2)10-12/h11H,3-10H2,1-2H3. The van der Waals surface area contributed by atoms with E-state index in [1.807, 2.05) is 0 Å². The van der Waals surface area contributed by atoms with Crippen molar-refractivity contribution in [2.45, 2.75) is 45.6 Å². The van der Waals surface area contributed by atoms with Gasteiger partial charge in [-0.3, -0.25) is 4.90 Å². The van der Waals surface area contributed by atoms with E-state index in [9.17, 15) is 0 Å². The Morgan fingerprint density at radius 3 is 2.85 bits per heavy atom. The van der Waals surface area contributed by atoms with Crippen LogP contribution in [0.3, 0.4) is 0 Å². The number of ether oxygens (including phenoxy) is 1. The smallest absolute Gasteiger partial charge is 0.0700 e. The molecule has 1 saturated heterocycles. The Kier molecular flexibility index (Phi) is 5.40. The van der Waals surface area contributed by atoms with Gasteiger partial charge in [0.05, 0.1) is 12.7 Å². The summed E-state index contributed by atoms with van der Waals surface area (Å²) >= 11 is 0. The van der Waals surface area contributed by atoms with Gasteiger partial charge in [-0.05, 0) is 19.4 Å². The second-order valence-corrected chi connectivity index (χ2v) is 3.91. The Labute approximate surface area is 82.3 Å². The summed E-state index contributed by atoms with van der Waals surface area (Å²) < 4.78 is 5.62. The number of hydrogen-bond donors (Lipinski definition) is 0. The van der Waals surface area contributed by atoms with Crippen LogP contribution in [0.5, 0.6) is 0 Å². The minimum atomic E-state index is 0.496. The summed E-state index contributed by atoms with van der Waals surface area (Å²) in [6.45, 7) is 8.97. The number of hydrogen-bond acceptors (Lipinski definition) is 2. The van der Waals surface area contributed by atoms with Gasteiger partial charge >= 0.3 is 0 Å². The van der Waals surface area contributed by atoms with Crippen LogP contribution in [0.25, 0.3) is 0 Å². The van der Waals surface area contributed by atoms with Gasteiger partial charge in [-0.2, -0.15) is 0 Å². The summed E-state index contributed by atoms with van der Waals surface area (Å²) in [5.74, 6) is 0. The van der Waals surface area contributed by atoms with Crippen molar-refractivity contribution in [3.63, 3.8) is 0 Å². The molecule has 0 N–H and O–H groups in total. The molecule has 0 aromatic carbocycles. The third kappa shape index (κ3) is 4.10. The summed E-state index contributed by atoms with van der Waals surface area (Å²) in [7, 11) is 0. The van der Waals surface area contributed by atoms with E-state index in [1.165, 1.54) is 25.8 Å². The minimum absolute atomic E-state index is 0.496. The molecule has 1 aliphatic heterocycles. The van der Waals surface area contributed by atoms with Crippen molar-refractivity contribution in [2.75, 3.05) is 26.2 Å². The lowest BCUT2D eigenvalue weighted by molar-refractivity contribution is -0.0299. The fourth-order valence-corrected chi connectivity index (χ4v) is 1.82. The average Bonchev–Trinajstić information content (AvgIpc) is 2.19. The first-order valence-electron chi connectivity index (χ1n) is 5.70. The highest BCUT2D eigenvalue weighted by molar-refractivity contribution is 4.69. The van der Waals surface area contributed by atoms with E-state index < -0.39 is 0 Å². The monoisotopic (exact) mass is 185 g/mol. The summed E-state index contributed by atoms with van der Waals surface area (Å²) in [5, 5.41) is 0. The first-order chi connectivity index (χ1) is 6.36. The molecule has 0 spiro atoms. The summed E-state index contributed by atoms with van der Waals surface area (Å²) in [5.41, 5.74) is 0. The molecule has 0 aliphatic carbocycles. The molecule has 2 heteroatoms. The van der Waals surface area contributed by atoms with E-state index in [-0.39, 0.29) is 0 Å². The second kappa shape index (κ2) is 6.39. The third-order valence-corrected chi connectivity index (χ3v) is 2.76. The highest BCUT2D eigenvalue weighted by atomic mass is 16.5. The van der Waals surface area contributed by atoms with Crippen molar-refractivity contribution in [1.82, 2.24) is 4.90 Å². The predicted molar refractivity (Wildman–Crippen MR) is 56.0 cm³/mol. The second-order valence-electron chi connectivity index (χ2n) is 3.91. The first kappa shape index (κ1) is 11.0. The van der Waals surface area contributed by atoms with Gasteiger partial charge in [0.2, 0.25) is 0 Å². The van der Waals surface area contributed by atoms with E-state index in [2.05, 4.69) is 18.7 Å². The van der Waals surface area contributed by atoms with E-state index >= 15 is 0 Å². The van der Waals surface area contributed by atoms with Gasteiger partial charge < -0.3 is 4.74 Å². The van der Waals surface area contributed by atoms with Crippen molar-refractivity contribution in [2.24, 2.45) is 0 Å². The molecule has 13 heavy (non-hydrogen) atoms. The molecule has 0 amide bonds. The van der Waals surface area contributed by atoms with E-state index in [0.717, 1.165) is 26.1 Å². The molecule has 0 aromatic heterocycles. The van der Waals surface area contributed by atoms with Gasteiger partial charge in [0.15, 0.2) is 0 Å². The van der Waals surface area contributed by atoms with Crippen molar-refractivity contribution in [3.8, 4) is 0 Å². The molecular formula is C11H23NO. The Hall–Kier alpha value is -0.0800. The summed E-state index contributed by atoms with van der Waals surface area (Å²) in [4.78, 5) is 2.55. The molecule has 1 rings (SSSR count). The fourth-order valence-electron chi connectivity index (χ4n) is 1.82. The van der Waals surface area contributed by atoms with Crippen LogP contribution in [0.2, 0.25) is 0 Å². The van der Waals surface area contributed by atoms with Crippen LogP contribution in [-0.2, 0) is 4.74 Å². The van der Waals surface area contributed by atoms with Crippen LogP contribution in [0.4, 0.5) is 0 Å². The molecule has 1 unspecified atom stereocenters. The SMILES string of the molecule is CCCCCN1CCOC(CC)C1. The van der Waals surface area contributed by atoms with E-state index in [0.29, 0.717) is 6.10 Å². The maximum atomic E-state index is 5.62. The van der Waals surface area contributed by atoms with Gasteiger partial charge in [0.25, 0.3) is 0 Å². The molecule has 1 atom stereocenters. The molecule has 0 bridgehead atoms. The molecule has 0 saturated carbocycles. The Morgan fingerprint density at radius 2 is 2.15 bits per heavy atom. The fraction of sp³-hybridized carbons (Fsp3) is 1.00. The third-order valence-electron chi connectivity index (χ3n) is 2.76. The molecule has 1 aliphatic rings. The van der Waals surface area contributed by atoms with Crippen molar-refractivity contribution in [1.29, 1.82) is 0 Å². The lowest BCUT2D eigenvalue weighted by Gasteiger charge is -2.32. The van der Waals surface area contributed by atoms with Crippen molar-refractivity contribution >= 4 is 0 Å². The van der Waals surface area contributed by atoms with Gasteiger partial charge in [-0.15, -0.1) is 0 Å². The number of rotatable bonds is 5. The topological polar surface area (TPSA) is 12.5 Å². The Morgan fingerprint density at radius 1 is 1.31 bits per heavy atom. The van der Waals surface area contributed by atoms with Crippen LogP contribution in [-0.4, -0.2) is 37.2 Å². The maximum absolute atomic E-state index is 5.62. The lowest BCUT2D eigenvalue weighted by Crippen LogP contribution is -2.42. The summed E-state index contributed by atoms with van der Waals surface area (Å²) in [6.07, 6.45) is 5.70. The van der Waals surface area contributed by atoms with Gasteiger partial charge in [0.1, 0.15) is 0 Å². The summed E-state index contributed by atoms with van der Waals surface area (Å²) in [6, 6.07) is 0. The van der Waals surface area contributed by atoms with Crippen LogP contribution >= 0.6 is 0 Å². The van der Waals surface area contributed by atoms with Crippen LogP contribution in [0.1, 0.15) is 39.5 Å². The van der Waals surface area contributed by atoms with Crippen LogP contribution in [0.15, 0.2) is 0 Å². The molecule has 2 nitrogen and oxygen atoms in total. The quantitative estimate of drug-likeness (QED) is 0.609. The Balaban J connectivity index is 2.11. The van der Waals surface area contributed by atoms with Crippen LogP contribution in [0, 0.1) is 0 Å². The number of nitrogens with zero attached hydrogens (tertiary/aromatic N) is 1. The highest BCUT2D eigenvalue weighted by Crippen LogP contribution is 2.09.